The van der Waals surface area contributed by atoms with Gasteiger partial charge in [0.15, 0.2) is 0 Å². The van der Waals surface area contributed by atoms with Crippen LogP contribution in [0.5, 0.6) is 5.75 Å². The first-order valence-electron chi connectivity index (χ1n) is 12.2. The lowest BCUT2D eigenvalue weighted by Crippen LogP contribution is -2.61. The molecule has 36 heavy (non-hydrogen) atoms. The number of amides is 1. The second-order valence-electron chi connectivity index (χ2n) is 9.88. The van der Waals surface area contributed by atoms with Crippen LogP contribution in [-0.2, 0) is 21.4 Å². The maximum Gasteiger partial charge on any atom is 0.308 e. The first-order chi connectivity index (χ1) is 17.2. The molecule has 0 aromatic heterocycles. The Morgan fingerprint density at radius 1 is 1.25 bits per heavy atom. The Bertz CT molecular complexity index is 1140. The van der Waals surface area contributed by atoms with E-state index >= 15 is 0 Å². The van der Waals surface area contributed by atoms with Crippen LogP contribution >= 0.6 is 23.2 Å². The third-order valence-electron chi connectivity index (χ3n) is 7.41. The number of likely N-dealkylation sites (tertiary alicyclic amines) is 1. The zero-order valence-electron chi connectivity index (χ0n) is 20.4. The van der Waals surface area contributed by atoms with Crippen molar-refractivity contribution in [3.05, 3.63) is 76.3 Å². The number of aliphatic hydroxyl groups is 1. The van der Waals surface area contributed by atoms with E-state index in [0.717, 1.165) is 37.2 Å². The Hall–Kier alpha value is -2.38. The second-order valence-corrected chi connectivity index (χ2v) is 10.7. The Balaban J connectivity index is 1.58. The molecule has 6 nitrogen and oxygen atoms in total. The van der Waals surface area contributed by atoms with Crippen molar-refractivity contribution in [2.24, 2.45) is 5.92 Å². The Labute approximate surface area is 222 Å². The van der Waals surface area contributed by atoms with Gasteiger partial charge in [-0.25, -0.2) is 0 Å². The van der Waals surface area contributed by atoms with Crippen molar-refractivity contribution < 1.29 is 19.4 Å². The van der Waals surface area contributed by atoms with E-state index in [-0.39, 0.29) is 35.7 Å². The highest BCUT2D eigenvalue weighted by atomic mass is 35.5. The Morgan fingerprint density at radius 3 is 2.78 bits per heavy atom. The van der Waals surface area contributed by atoms with E-state index in [9.17, 15) is 14.7 Å². The predicted octanol–water partition coefficient (Wildman–Crippen LogP) is 4.55. The summed E-state index contributed by atoms with van der Waals surface area (Å²) in [5.41, 5.74) is 1.43. The topological polar surface area (TPSA) is 78.9 Å². The fourth-order valence-electron chi connectivity index (χ4n) is 5.89. The van der Waals surface area contributed by atoms with Crippen LogP contribution in [0, 0.1) is 5.92 Å². The lowest BCUT2D eigenvalue weighted by atomic mass is 9.57. The van der Waals surface area contributed by atoms with Crippen LogP contribution in [-0.4, -0.2) is 53.7 Å². The fraction of sp³-hybridized carbons (Fsp3) is 0.429. The molecule has 1 saturated heterocycles. The Kier molecular flexibility index (Phi) is 8.41. The number of piperidine rings is 1. The van der Waals surface area contributed by atoms with Crippen LogP contribution in [0.3, 0.4) is 0 Å². The van der Waals surface area contributed by atoms with Crippen LogP contribution in [0.4, 0.5) is 0 Å². The SMILES string of the molecule is C=CCN1CC[C@@]2(c3cccc(OC(C)=O)c3)C[C@@H](NC(=O)Cc3ccc(Cl)c(Cl)c3)CC(O)[C@@H]2C1. The number of carbonyl (C=O) groups excluding carboxylic acids is 2. The van der Waals surface area contributed by atoms with Crippen molar-refractivity contribution in [2.45, 2.75) is 50.2 Å². The van der Waals surface area contributed by atoms with Crippen LogP contribution < -0.4 is 10.1 Å². The summed E-state index contributed by atoms with van der Waals surface area (Å²) in [6, 6.07) is 12.6. The number of benzene rings is 2. The van der Waals surface area contributed by atoms with E-state index in [1.165, 1.54) is 6.92 Å². The zero-order valence-corrected chi connectivity index (χ0v) is 21.9. The van der Waals surface area contributed by atoms with Crippen molar-refractivity contribution in [1.82, 2.24) is 10.2 Å². The molecule has 1 unspecified atom stereocenters. The summed E-state index contributed by atoms with van der Waals surface area (Å²) in [7, 11) is 0. The van der Waals surface area contributed by atoms with Gasteiger partial charge in [-0.15, -0.1) is 6.58 Å². The van der Waals surface area contributed by atoms with Gasteiger partial charge in [-0.1, -0.05) is 47.5 Å². The second kappa shape index (κ2) is 11.3. The summed E-state index contributed by atoms with van der Waals surface area (Å²) < 4.78 is 5.37. The highest BCUT2D eigenvalue weighted by Crippen LogP contribution is 2.49. The molecule has 192 valence electrons. The average molecular weight is 531 g/mol. The third kappa shape index (κ3) is 5.94. The van der Waals surface area contributed by atoms with E-state index in [0.29, 0.717) is 28.6 Å². The number of ether oxygens (including phenoxy) is 1. The number of esters is 1. The number of aliphatic hydroxyl groups excluding tert-OH is 1. The summed E-state index contributed by atoms with van der Waals surface area (Å²) in [6.45, 7) is 7.58. The van der Waals surface area contributed by atoms with Crippen molar-refractivity contribution in [3.8, 4) is 5.75 Å². The maximum atomic E-state index is 13.0. The van der Waals surface area contributed by atoms with Gasteiger partial charge < -0.3 is 15.2 Å². The summed E-state index contributed by atoms with van der Waals surface area (Å²) in [4.78, 5) is 26.8. The van der Waals surface area contributed by atoms with E-state index in [1.54, 1.807) is 24.3 Å². The van der Waals surface area contributed by atoms with E-state index in [4.69, 9.17) is 27.9 Å². The molecule has 1 aliphatic carbocycles. The predicted molar refractivity (Wildman–Crippen MR) is 142 cm³/mol. The highest BCUT2D eigenvalue weighted by molar-refractivity contribution is 6.42. The van der Waals surface area contributed by atoms with Crippen molar-refractivity contribution in [3.63, 3.8) is 0 Å². The van der Waals surface area contributed by atoms with Gasteiger partial charge in [0, 0.05) is 37.4 Å². The molecule has 2 fully saturated rings. The molecule has 8 heteroatoms. The number of rotatable bonds is 7. The lowest BCUT2D eigenvalue weighted by molar-refractivity contribution is -0.132. The number of carbonyl (C=O) groups is 2. The molecule has 2 N–H and O–H groups in total. The molecule has 4 atom stereocenters. The van der Waals surface area contributed by atoms with Crippen LogP contribution in [0.2, 0.25) is 10.0 Å². The number of hydrogen-bond acceptors (Lipinski definition) is 5. The third-order valence-corrected chi connectivity index (χ3v) is 8.15. The van der Waals surface area contributed by atoms with Gasteiger partial charge >= 0.3 is 5.97 Å². The molecule has 2 aromatic rings. The first-order valence-corrected chi connectivity index (χ1v) is 13.0. The normalized spacial score (nSPS) is 26.1. The number of halogens is 2. The van der Waals surface area contributed by atoms with Crippen LogP contribution in [0.25, 0.3) is 0 Å². The monoisotopic (exact) mass is 530 g/mol. The minimum Gasteiger partial charge on any atom is -0.427 e. The van der Waals surface area contributed by atoms with Gasteiger partial charge in [-0.05, 0) is 61.2 Å². The molecule has 1 saturated carbocycles. The smallest absolute Gasteiger partial charge is 0.308 e. The van der Waals surface area contributed by atoms with Crippen molar-refractivity contribution >= 4 is 35.1 Å². The maximum absolute atomic E-state index is 13.0. The number of nitrogens with one attached hydrogen (secondary N) is 1. The summed E-state index contributed by atoms with van der Waals surface area (Å²) in [6.07, 6.45) is 3.44. The van der Waals surface area contributed by atoms with Crippen LogP contribution in [0.1, 0.15) is 37.3 Å². The molecule has 0 radical (unpaired) electrons. The van der Waals surface area contributed by atoms with E-state index < -0.39 is 6.10 Å². The van der Waals surface area contributed by atoms with Gasteiger partial charge in [0.25, 0.3) is 0 Å². The van der Waals surface area contributed by atoms with Gasteiger partial charge in [-0.2, -0.15) is 0 Å². The minimum atomic E-state index is -0.598. The molecule has 4 rings (SSSR count). The zero-order chi connectivity index (χ0) is 25.9. The lowest BCUT2D eigenvalue weighted by Gasteiger charge is -2.54. The molecule has 2 aliphatic rings. The molecule has 0 spiro atoms. The molecular formula is C28H32Cl2N2O4. The van der Waals surface area contributed by atoms with Gasteiger partial charge in [0.2, 0.25) is 5.91 Å². The minimum absolute atomic E-state index is 0.0259. The summed E-state index contributed by atoms with van der Waals surface area (Å²) in [5.74, 6) is -0.0426. The summed E-state index contributed by atoms with van der Waals surface area (Å²) in [5, 5.41) is 15.4. The van der Waals surface area contributed by atoms with Crippen molar-refractivity contribution in [2.75, 3.05) is 19.6 Å². The van der Waals surface area contributed by atoms with E-state index in [2.05, 4.69) is 16.8 Å². The van der Waals surface area contributed by atoms with Crippen LogP contribution in [0.15, 0.2) is 55.1 Å². The quantitative estimate of drug-likeness (QED) is 0.312. The molecule has 0 bridgehead atoms. The number of nitrogens with zero attached hydrogens (tertiary/aromatic N) is 1. The highest BCUT2D eigenvalue weighted by Gasteiger charge is 2.52. The van der Waals surface area contributed by atoms with Gasteiger partial charge in [-0.3, -0.25) is 14.5 Å². The number of hydrogen-bond donors (Lipinski definition) is 2. The van der Waals surface area contributed by atoms with Gasteiger partial charge in [0.1, 0.15) is 5.75 Å². The summed E-state index contributed by atoms with van der Waals surface area (Å²) >= 11 is 12.1. The van der Waals surface area contributed by atoms with Gasteiger partial charge in [0.05, 0.1) is 22.6 Å². The molecule has 1 amide bonds. The fourth-order valence-corrected chi connectivity index (χ4v) is 6.21. The first kappa shape index (κ1) is 26.7. The van der Waals surface area contributed by atoms with E-state index in [1.807, 2.05) is 24.3 Å². The average Bonchev–Trinajstić information content (AvgIpc) is 2.82. The number of fused-ring (bicyclic) bond motifs is 1. The van der Waals surface area contributed by atoms with Crippen molar-refractivity contribution in [1.29, 1.82) is 0 Å². The molecular weight excluding hydrogens is 499 g/mol. The largest absolute Gasteiger partial charge is 0.427 e. The molecule has 2 aromatic carbocycles. The molecule has 1 aliphatic heterocycles. The molecule has 1 heterocycles. The Morgan fingerprint density at radius 2 is 2.06 bits per heavy atom. The standard InChI is InChI=1S/C28H32Cl2N2O4/c1-3-10-32-11-9-28(20-5-4-6-22(14-20)36-18(2)33)16-21(15-26(34)23(28)17-32)31-27(35)13-19-7-8-24(29)25(30)12-19/h3-8,12,14,21,23,26,34H,1,9-11,13,15-17H2,2H3,(H,31,35)/t21-,23-,26?,28-/m0/s1.